The third kappa shape index (κ3) is 3.97. The second-order valence-electron chi connectivity index (χ2n) is 5.59. The van der Waals surface area contributed by atoms with Crippen molar-refractivity contribution < 1.29 is 17.6 Å². The van der Waals surface area contributed by atoms with Crippen LogP contribution in [-0.2, 0) is 0 Å². The molecule has 21 heavy (non-hydrogen) atoms. The van der Waals surface area contributed by atoms with Crippen molar-refractivity contribution in [2.24, 2.45) is 11.8 Å². The van der Waals surface area contributed by atoms with Gasteiger partial charge in [0.15, 0.2) is 0 Å². The molecule has 1 N–H and O–H groups in total. The van der Waals surface area contributed by atoms with Gasteiger partial charge >= 0.3 is 6.18 Å². The Bertz CT molecular complexity index is 481. The van der Waals surface area contributed by atoms with Crippen molar-refractivity contribution in [1.82, 2.24) is 5.32 Å². The molecule has 0 heterocycles. The Balaban J connectivity index is 2.11. The van der Waals surface area contributed by atoms with Crippen LogP contribution in [0.15, 0.2) is 22.7 Å². The first-order valence-electron chi connectivity index (χ1n) is 7.02. The number of hydrogen-bond acceptors (Lipinski definition) is 1. The van der Waals surface area contributed by atoms with E-state index < -0.39 is 12.1 Å². The van der Waals surface area contributed by atoms with Gasteiger partial charge in [0.2, 0.25) is 0 Å². The molecule has 0 amide bonds. The summed E-state index contributed by atoms with van der Waals surface area (Å²) in [7, 11) is 1.72. The smallest absolute Gasteiger partial charge is 0.313 e. The summed E-state index contributed by atoms with van der Waals surface area (Å²) in [5.74, 6) is -1.51. The molecule has 0 bridgehead atoms. The Kier molecular flexibility index (Phi) is 5.30. The molecule has 1 unspecified atom stereocenters. The van der Waals surface area contributed by atoms with E-state index in [4.69, 9.17) is 0 Å². The van der Waals surface area contributed by atoms with E-state index >= 15 is 0 Å². The van der Waals surface area contributed by atoms with E-state index in [-0.39, 0.29) is 30.6 Å². The maximum Gasteiger partial charge on any atom is 0.391 e. The first kappa shape index (κ1) is 16.7. The molecule has 0 spiro atoms. The van der Waals surface area contributed by atoms with E-state index in [0.29, 0.717) is 18.4 Å². The van der Waals surface area contributed by atoms with Crippen molar-refractivity contribution in [2.75, 3.05) is 7.05 Å². The van der Waals surface area contributed by atoms with E-state index in [9.17, 15) is 17.6 Å². The number of rotatable bonds is 3. The summed E-state index contributed by atoms with van der Waals surface area (Å²) in [5, 5.41) is 3.07. The summed E-state index contributed by atoms with van der Waals surface area (Å²) in [6.07, 6.45) is -2.94. The molecule has 1 aromatic rings. The molecule has 0 saturated heterocycles. The highest BCUT2D eigenvalue weighted by atomic mass is 79.9. The second kappa shape index (κ2) is 6.65. The monoisotopic (exact) mass is 367 g/mol. The molecule has 1 aromatic carbocycles. The van der Waals surface area contributed by atoms with Crippen LogP contribution in [0, 0.1) is 17.7 Å². The predicted molar refractivity (Wildman–Crippen MR) is 77.4 cm³/mol. The van der Waals surface area contributed by atoms with E-state index in [2.05, 4.69) is 21.2 Å². The summed E-state index contributed by atoms with van der Waals surface area (Å²) in [4.78, 5) is 0. The molecule has 0 aromatic heterocycles. The van der Waals surface area contributed by atoms with Crippen LogP contribution in [-0.4, -0.2) is 13.2 Å². The zero-order chi connectivity index (χ0) is 15.6. The van der Waals surface area contributed by atoms with Crippen molar-refractivity contribution >= 4 is 15.9 Å². The zero-order valence-electron chi connectivity index (χ0n) is 11.7. The second-order valence-corrected chi connectivity index (χ2v) is 6.50. The molecular weight excluding hydrogens is 350 g/mol. The molecule has 1 aliphatic carbocycles. The van der Waals surface area contributed by atoms with Gasteiger partial charge in [-0.3, -0.25) is 0 Å². The first-order valence-corrected chi connectivity index (χ1v) is 7.81. The number of nitrogens with one attached hydrogen (secondary N) is 1. The van der Waals surface area contributed by atoms with Gasteiger partial charge in [-0.05, 0) is 56.8 Å². The third-order valence-corrected chi connectivity index (χ3v) is 4.80. The lowest BCUT2D eigenvalue weighted by atomic mass is 9.76. The van der Waals surface area contributed by atoms with Crippen molar-refractivity contribution in [3.05, 3.63) is 34.1 Å². The molecule has 0 radical (unpaired) electrons. The molecule has 118 valence electrons. The van der Waals surface area contributed by atoms with Gasteiger partial charge in [-0.25, -0.2) is 4.39 Å². The number of benzene rings is 1. The molecule has 1 atom stereocenters. The zero-order valence-corrected chi connectivity index (χ0v) is 13.3. The molecular formula is C15H18BrF4N. The summed E-state index contributed by atoms with van der Waals surface area (Å²) >= 11 is 3.31. The maximum atomic E-state index is 14.0. The van der Waals surface area contributed by atoms with Gasteiger partial charge in [-0.2, -0.15) is 13.2 Å². The lowest BCUT2D eigenvalue weighted by Crippen LogP contribution is -2.33. The SMILES string of the molecule is CNC(c1cc(Br)ccc1F)C1CCC(C(F)(F)F)CC1. The fourth-order valence-corrected chi connectivity index (χ4v) is 3.56. The molecule has 0 aliphatic heterocycles. The van der Waals surface area contributed by atoms with Gasteiger partial charge in [-0.1, -0.05) is 15.9 Å². The van der Waals surface area contributed by atoms with E-state index in [1.54, 1.807) is 19.2 Å². The molecule has 1 fully saturated rings. The highest BCUT2D eigenvalue weighted by Crippen LogP contribution is 2.43. The number of alkyl halides is 3. The van der Waals surface area contributed by atoms with Crippen LogP contribution < -0.4 is 5.32 Å². The van der Waals surface area contributed by atoms with Crippen LogP contribution in [0.1, 0.15) is 37.3 Å². The highest BCUT2D eigenvalue weighted by Gasteiger charge is 2.42. The van der Waals surface area contributed by atoms with E-state index in [1.807, 2.05) is 0 Å². The fourth-order valence-electron chi connectivity index (χ4n) is 3.18. The molecule has 1 nitrogen and oxygen atoms in total. The summed E-state index contributed by atoms with van der Waals surface area (Å²) < 4.78 is 52.9. The van der Waals surface area contributed by atoms with Gasteiger partial charge in [0.1, 0.15) is 5.82 Å². The first-order chi connectivity index (χ1) is 9.82. The van der Waals surface area contributed by atoms with E-state index in [0.717, 1.165) is 4.47 Å². The van der Waals surface area contributed by atoms with Gasteiger partial charge in [0, 0.05) is 16.1 Å². The average Bonchev–Trinajstić information content (AvgIpc) is 2.43. The maximum absolute atomic E-state index is 14.0. The Labute approximate surface area is 130 Å². The Morgan fingerprint density at radius 2 is 1.81 bits per heavy atom. The Hall–Kier alpha value is -0.620. The normalized spacial score (nSPS) is 24.9. The third-order valence-electron chi connectivity index (χ3n) is 4.31. The van der Waals surface area contributed by atoms with Crippen LogP contribution in [0.2, 0.25) is 0 Å². The van der Waals surface area contributed by atoms with Crippen LogP contribution in [0.25, 0.3) is 0 Å². The van der Waals surface area contributed by atoms with Gasteiger partial charge in [0.05, 0.1) is 5.92 Å². The van der Waals surface area contributed by atoms with Crippen molar-refractivity contribution in [3.8, 4) is 0 Å². The summed E-state index contributed by atoms with van der Waals surface area (Å²) in [6.45, 7) is 0. The topological polar surface area (TPSA) is 12.0 Å². The minimum absolute atomic E-state index is 0.0254. The van der Waals surface area contributed by atoms with Crippen molar-refractivity contribution in [2.45, 2.75) is 37.9 Å². The lowest BCUT2D eigenvalue weighted by molar-refractivity contribution is -0.184. The van der Waals surface area contributed by atoms with Gasteiger partial charge in [0.25, 0.3) is 0 Å². The van der Waals surface area contributed by atoms with Crippen LogP contribution in [0.4, 0.5) is 17.6 Å². The minimum Gasteiger partial charge on any atom is -0.313 e. The van der Waals surface area contributed by atoms with Gasteiger partial charge < -0.3 is 5.32 Å². The van der Waals surface area contributed by atoms with Crippen molar-refractivity contribution in [3.63, 3.8) is 0 Å². The minimum atomic E-state index is -4.11. The van der Waals surface area contributed by atoms with Crippen LogP contribution >= 0.6 is 15.9 Å². The Morgan fingerprint density at radius 1 is 1.19 bits per heavy atom. The molecule has 1 saturated carbocycles. The highest BCUT2D eigenvalue weighted by molar-refractivity contribution is 9.10. The number of hydrogen-bond donors (Lipinski definition) is 1. The fraction of sp³-hybridized carbons (Fsp3) is 0.600. The predicted octanol–water partition coefficient (Wildman–Crippen LogP) is 5.22. The standard InChI is InChI=1S/C15H18BrF4N/c1-21-14(12-8-11(16)6-7-13(12)17)9-2-4-10(5-3-9)15(18,19)20/h6-10,14,21H,2-5H2,1H3. The summed E-state index contributed by atoms with van der Waals surface area (Å²) in [5.41, 5.74) is 0.516. The Morgan fingerprint density at radius 3 is 2.33 bits per heavy atom. The largest absolute Gasteiger partial charge is 0.391 e. The van der Waals surface area contributed by atoms with Crippen molar-refractivity contribution in [1.29, 1.82) is 0 Å². The van der Waals surface area contributed by atoms with Gasteiger partial charge in [-0.15, -0.1) is 0 Å². The quantitative estimate of drug-likeness (QED) is 0.722. The number of halogens is 5. The summed E-state index contributed by atoms with van der Waals surface area (Å²) in [6, 6.07) is 4.44. The van der Waals surface area contributed by atoms with E-state index in [1.165, 1.54) is 6.07 Å². The van der Waals surface area contributed by atoms with Crippen LogP contribution in [0.3, 0.4) is 0 Å². The molecule has 2 rings (SSSR count). The molecule has 6 heteroatoms. The molecule has 1 aliphatic rings. The average molecular weight is 368 g/mol. The lowest BCUT2D eigenvalue weighted by Gasteiger charge is -2.34. The van der Waals surface area contributed by atoms with Crippen LogP contribution in [0.5, 0.6) is 0 Å².